The highest BCUT2D eigenvalue weighted by molar-refractivity contribution is 5.78. The fraction of sp³-hybridized carbons (Fsp3) is 0.280. The number of benzene rings is 2. The van der Waals surface area contributed by atoms with E-state index in [0.717, 1.165) is 24.1 Å². The Hall–Kier alpha value is -3.74. The number of amides is 1. The molecule has 1 N–H and O–H groups in total. The Morgan fingerprint density at radius 2 is 1.88 bits per heavy atom. The molecule has 5 rings (SSSR count). The number of hydrogen-bond donors (Lipinski definition) is 1. The van der Waals surface area contributed by atoms with Crippen molar-refractivity contribution in [2.75, 3.05) is 0 Å². The van der Waals surface area contributed by atoms with Gasteiger partial charge in [-0.15, -0.1) is 0 Å². The van der Waals surface area contributed by atoms with E-state index in [9.17, 15) is 9.59 Å². The molecule has 0 saturated carbocycles. The molecule has 0 unspecified atom stereocenters. The van der Waals surface area contributed by atoms with Crippen LogP contribution in [0, 0.1) is 0 Å². The summed E-state index contributed by atoms with van der Waals surface area (Å²) >= 11 is 0. The quantitative estimate of drug-likeness (QED) is 0.530. The average Bonchev–Trinajstić information content (AvgIpc) is 3.26. The molecule has 7 nitrogen and oxygen atoms in total. The third kappa shape index (κ3) is 3.82. The standard InChI is InChI=1S/C25H25N5O2/c1-17(19-12-11-18-7-5-6-8-20(18)13-19)28-23(31)15-29-16-26-24-22(25(29)32)14-27-30(24)21-9-3-2-4-10-21/h2-4,9-14,16-17H,5-8,15H2,1H3,(H,28,31)/t17-/m1/s1. The van der Waals surface area contributed by atoms with E-state index in [1.807, 2.05) is 37.3 Å². The van der Waals surface area contributed by atoms with Gasteiger partial charge in [0, 0.05) is 0 Å². The fourth-order valence-electron chi connectivity index (χ4n) is 4.37. The Kier molecular flexibility index (Phi) is 5.31. The van der Waals surface area contributed by atoms with Crippen molar-refractivity contribution in [3.05, 3.63) is 88.1 Å². The summed E-state index contributed by atoms with van der Waals surface area (Å²) in [5, 5.41) is 7.70. The molecule has 1 aliphatic carbocycles. The maximum atomic E-state index is 12.9. The first kappa shape index (κ1) is 20.2. The molecule has 162 valence electrons. The third-order valence-corrected chi connectivity index (χ3v) is 6.12. The van der Waals surface area contributed by atoms with Crippen molar-refractivity contribution in [3.8, 4) is 5.69 Å². The van der Waals surface area contributed by atoms with Gasteiger partial charge in [0.1, 0.15) is 18.3 Å². The highest BCUT2D eigenvalue weighted by Crippen LogP contribution is 2.24. The van der Waals surface area contributed by atoms with Gasteiger partial charge < -0.3 is 5.32 Å². The van der Waals surface area contributed by atoms with E-state index in [2.05, 4.69) is 33.6 Å². The molecule has 0 radical (unpaired) electrons. The lowest BCUT2D eigenvalue weighted by molar-refractivity contribution is -0.122. The second-order valence-corrected chi connectivity index (χ2v) is 8.33. The van der Waals surface area contributed by atoms with E-state index in [1.165, 1.54) is 41.1 Å². The van der Waals surface area contributed by atoms with Gasteiger partial charge in [-0.3, -0.25) is 14.2 Å². The molecule has 32 heavy (non-hydrogen) atoms. The van der Waals surface area contributed by atoms with Crippen LogP contribution in [0.15, 0.2) is 65.8 Å². The number of para-hydroxylation sites is 1. The summed E-state index contributed by atoms with van der Waals surface area (Å²) < 4.78 is 2.95. The molecule has 0 fully saturated rings. The lowest BCUT2D eigenvalue weighted by atomic mass is 9.89. The Morgan fingerprint density at radius 1 is 1.09 bits per heavy atom. The summed E-state index contributed by atoms with van der Waals surface area (Å²) in [6, 6.07) is 15.9. The van der Waals surface area contributed by atoms with Crippen molar-refractivity contribution < 1.29 is 4.79 Å². The molecule has 0 spiro atoms. The van der Waals surface area contributed by atoms with Crippen LogP contribution >= 0.6 is 0 Å². The van der Waals surface area contributed by atoms with Gasteiger partial charge in [-0.05, 0) is 61.4 Å². The minimum atomic E-state index is -0.284. The van der Waals surface area contributed by atoms with Crippen LogP contribution in [-0.4, -0.2) is 25.2 Å². The lowest BCUT2D eigenvalue weighted by Crippen LogP contribution is -2.34. The van der Waals surface area contributed by atoms with Gasteiger partial charge in [-0.25, -0.2) is 9.67 Å². The normalized spacial score (nSPS) is 14.2. The molecule has 2 aromatic heterocycles. The van der Waals surface area contributed by atoms with Gasteiger partial charge in [-0.1, -0.05) is 36.4 Å². The lowest BCUT2D eigenvalue weighted by Gasteiger charge is -2.20. The Bertz CT molecular complexity index is 1340. The third-order valence-electron chi connectivity index (χ3n) is 6.12. The number of carbonyl (C=O) groups excluding carboxylic acids is 1. The van der Waals surface area contributed by atoms with Crippen molar-refractivity contribution in [2.45, 2.75) is 45.2 Å². The molecule has 4 aromatic rings. The second kappa shape index (κ2) is 8.42. The van der Waals surface area contributed by atoms with Crippen LogP contribution in [0.5, 0.6) is 0 Å². The first-order chi connectivity index (χ1) is 15.6. The topological polar surface area (TPSA) is 81.8 Å². The average molecular weight is 428 g/mol. The van der Waals surface area contributed by atoms with Crippen LogP contribution in [0.2, 0.25) is 0 Å². The predicted molar refractivity (Wildman–Crippen MR) is 123 cm³/mol. The van der Waals surface area contributed by atoms with Crippen molar-refractivity contribution in [3.63, 3.8) is 0 Å². The number of nitrogens with zero attached hydrogens (tertiary/aromatic N) is 4. The summed E-state index contributed by atoms with van der Waals surface area (Å²) in [7, 11) is 0. The molecule has 2 aromatic carbocycles. The highest BCUT2D eigenvalue weighted by atomic mass is 16.2. The van der Waals surface area contributed by atoms with Crippen LogP contribution in [0.4, 0.5) is 0 Å². The molecular formula is C25H25N5O2. The summed E-state index contributed by atoms with van der Waals surface area (Å²) in [5.74, 6) is -0.228. The van der Waals surface area contributed by atoms with E-state index in [0.29, 0.717) is 11.0 Å². The van der Waals surface area contributed by atoms with Crippen molar-refractivity contribution >= 4 is 16.9 Å². The molecule has 0 saturated heterocycles. The van der Waals surface area contributed by atoms with E-state index in [-0.39, 0.29) is 24.1 Å². The first-order valence-corrected chi connectivity index (χ1v) is 11.0. The molecule has 1 aliphatic rings. The summed E-state index contributed by atoms with van der Waals surface area (Å²) in [4.78, 5) is 30.0. The predicted octanol–water partition coefficient (Wildman–Crippen LogP) is 3.34. The summed E-state index contributed by atoms with van der Waals surface area (Å²) in [5.41, 5.74) is 4.90. The van der Waals surface area contributed by atoms with Gasteiger partial charge in [0.25, 0.3) is 5.56 Å². The van der Waals surface area contributed by atoms with Crippen LogP contribution in [0.1, 0.15) is 42.5 Å². The molecule has 0 aliphatic heterocycles. The minimum absolute atomic E-state index is 0.0897. The van der Waals surface area contributed by atoms with Gasteiger partial charge in [0.15, 0.2) is 5.65 Å². The van der Waals surface area contributed by atoms with Crippen LogP contribution in [0.3, 0.4) is 0 Å². The highest BCUT2D eigenvalue weighted by Gasteiger charge is 2.16. The van der Waals surface area contributed by atoms with Crippen LogP contribution < -0.4 is 10.9 Å². The number of rotatable bonds is 5. The Balaban J connectivity index is 1.32. The first-order valence-electron chi connectivity index (χ1n) is 11.0. The van der Waals surface area contributed by atoms with Gasteiger partial charge in [0.2, 0.25) is 5.91 Å². The second-order valence-electron chi connectivity index (χ2n) is 8.33. The van der Waals surface area contributed by atoms with Crippen molar-refractivity contribution in [1.82, 2.24) is 24.6 Å². The van der Waals surface area contributed by atoms with Crippen molar-refractivity contribution in [2.24, 2.45) is 0 Å². The van der Waals surface area contributed by atoms with E-state index in [4.69, 9.17) is 0 Å². The molecular weight excluding hydrogens is 402 g/mol. The van der Waals surface area contributed by atoms with Crippen LogP contribution in [-0.2, 0) is 24.2 Å². The van der Waals surface area contributed by atoms with E-state index >= 15 is 0 Å². The zero-order valence-corrected chi connectivity index (χ0v) is 18.0. The van der Waals surface area contributed by atoms with E-state index in [1.54, 1.807) is 4.68 Å². The molecule has 7 heteroatoms. The van der Waals surface area contributed by atoms with Gasteiger partial charge in [0.05, 0.1) is 17.9 Å². The number of carbonyl (C=O) groups is 1. The largest absolute Gasteiger partial charge is 0.348 e. The number of aryl methyl sites for hydroxylation is 2. The maximum absolute atomic E-state index is 12.9. The number of hydrogen-bond acceptors (Lipinski definition) is 4. The smallest absolute Gasteiger partial charge is 0.264 e. The number of nitrogens with one attached hydrogen (secondary N) is 1. The SMILES string of the molecule is C[C@@H](NC(=O)Cn1cnc2c(cnn2-c2ccccc2)c1=O)c1ccc2c(c1)CCCC2. The zero-order chi connectivity index (χ0) is 22.1. The zero-order valence-electron chi connectivity index (χ0n) is 18.0. The fourth-order valence-corrected chi connectivity index (χ4v) is 4.37. The summed E-state index contributed by atoms with van der Waals surface area (Å²) in [6.07, 6.45) is 7.61. The number of fused-ring (bicyclic) bond motifs is 2. The van der Waals surface area contributed by atoms with Crippen molar-refractivity contribution in [1.29, 1.82) is 0 Å². The van der Waals surface area contributed by atoms with E-state index < -0.39 is 0 Å². The molecule has 2 heterocycles. The molecule has 1 atom stereocenters. The Morgan fingerprint density at radius 3 is 2.69 bits per heavy atom. The Labute approximate surface area is 185 Å². The minimum Gasteiger partial charge on any atom is -0.348 e. The van der Waals surface area contributed by atoms with Crippen LogP contribution in [0.25, 0.3) is 16.7 Å². The maximum Gasteiger partial charge on any atom is 0.264 e. The number of aromatic nitrogens is 4. The van der Waals surface area contributed by atoms with Gasteiger partial charge in [-0.2, -0.15) is 5.10 Å². The van der Waals surface area contributed by atoms with Gasteiger partial charge >= 0.3 is 0 Å². The summed E-state index contributed by atoms with van der Waals surface area (Å²) in [6.45, 7) is 1.88. The monoisotopic (exact) mass is 427 g/mol. The molecule has 1 amide bonds. The molecule has 0 bridgehead atoms.